The van der Waals surface area contributed by atoms with E-state index < -0.39 is 17.6 Å². The fourth-order valence-corrected chi connectivity index (χ4v) is 3.45. The molecule has 1 saturated carbocycles. The Hall–Kier alpha value is -3.33. The Morgan fingerprint density at radius 3 is 2.03 bits per heavy atom. The third kappa shape index (κ3) is 6.58. The summed E-state index contributed by atoms with van der Waals surface area (Å²) >= 11 is 4.98. The highest BCUT2D eigenvalue weighted by Gasteiger charge is 2.21. The monoisotopic (exact) mass is 442 g/mol. The molecule has 3 rings (SSSR count). The number of amides is 3. The summed E-state index contributed by atoms with van der Waals surface area (Å²) in [6, 6.07) is 11.4. The summed E-state index contributed by atoms with van der Waals surface area (Å²) in [5, 5.41) is 5.16. The molecule has 3 amide bonds. The lowest BCUT2D eigenvalue weighted by Crippen LogP contribution is -2.48. The van der Waals surface area contributed by atoms with Crippen LogP contribution in [-0.4, -0.2) is 22.8 Å². The minimum absolute atomic E-state index is 0.0146. The summed E-state index contributed by atoms with van der Waals surface area (Å²) in [6.07, 6.45) is 5.17. The van der Waals surface area contributed by atoms with E-state index in [0.717, 1.165) is 37.8 Å². The van der Waals surface area contributed by atoms with Crippen molar-refractivity contribution in [2.45, 2.75) is 32.1 Å². The minimum atomic E-state index is -0.537. The van der Waals surface area contributed by atoms with Gasteiger partial charge in [0.2, 0.25) is 5.91 Å². The van der Waals surface area contributed by atoms with Crippen molar-refractivity contribution in [3.63, 3.8) is 0 Å². The standard InChI is InChI=1S/C22H23FN4O3S/c23-17-10-6-15(7-11-17)20(29)25-22(31)27-26-21(30)16-8-12-18(13-9-16)24-19(28)14-4-2-1-3-5-14/h6-14H,1-5H2,(H,24,28)(H,26,30)(H2,25,27,29,31). The number of nitrogens with one attached hydrogen (secondary N) is 4. The van der Waals surface area contributed by atoms with Crippen molar-refractivity contribution in [3.8, 4) is 0 Å². The molecule has 4 N–H and O–H groups in total. The summed E-state index contributed by atoms with van der Waals surface area (Å²) in [4.78, 5) is 36.6. The van der Waals surface area contributed by atoms with Crippen LogP contribution in [-0.2, 0) is 4.79 Å². The van der Waals surface area contributed by atoms with Crippen LogP contribution in [0.15, 0.2) is 48.5 Å². The molecular weight excluding hydrogens is 419 g/mol. The van der Waals surface area contributed by atoms with Gasteiger partial charge in [0.25, 0.3) is 11.8 Å². The predicted molar refractivity (Wildman–Crippen MR) is 119 cm³/mol. The Morgan fingerprint density at radius 1 is 0.806 bits per heavy atom. The van der Waals surface area contributed by atoms with Crippen LogP contribution < -0.4 is 21.5 Å². The summed E-state index contributed by atoms with van der Waals surface area (Å²) in [5.41, 5.74) is 6.02. The maximum atomic E-state index is 12.9. The van der Waals surface area contributed by atoms with Crippen LogP contribution in [0.25, 0.3) is 0 Å². The molecule has 7 nitrogen and oxygen atoms in total. The van der Waals surface area contributed by atoms with Gasteiger partial charge in [-0.1, -0.05) is 19.3 Å². The second-order valence-electron chi connectivity index (χ2n) is 7.27. The van der Waals surface area contributed by atoms with Crippen LogP contribution in [0.3, 0.4) is 0 Å². The average Bonchev–Trinajstić information content (AvgIpc) is 2.79. The van der Waals surface area contributed by atoms with E-state index in [1.807, 2.05) is 0 Å². The quantitative estimate of drug-likeness (QED) is 0.430. The first-order valence-electron chi connectivity index (χ1n) is 10.0. The molecule has 2 aromatic carbocycles. The van der Waals surface area contributed by atoms with Crippen LogP contribution in [0.4, 0.5) is 10.1 Å². The van der Waals surface area contributed by atoms with Crippen LogP contribution >= 0.6 is 12.2 Å². The number of rotatable bonds is 4. The summed E-state index contributed by atoms with van der Waals surface area (Å²) in [7, 11) is 0. The third-order valence-corrected chi connectivity index (χ3v) is 5.22. The van der Waals surface area contributed by atoms with E-state index >= 15 is 0 Å². The van der Waals surface area contributed by atoms with Gasteiger partial charge in [-0.05, 0) is 73.6 Å². The molecule has 0 radical (unpaired) electrons. The van der Waals surface area contributed by atoms with Gasteiger partial charge in [-0.25, -0.2) is 4.39 Å². The number of anilines is 1. The van der Waals surface area contributed by atoms with Crippen molar-refractivity contribution >= 4 is 40.7 Å². The molecule has 9 heteroatoms. The summed E-state index contributed by atoms with van der Waals surface area (Å²) < 4.78 is 12.9. The highest BCUT2D eigenvalue weighted by Crippen LogP contribution is 2.25. The van der Waals surface area contributed by atoms with E-state index in [2.05, 4.69) is 21.5 Å². The van der Waals surface area contributed by atoms with Gasteiger partial charge in [0, 0.05) is 22.7 Å². The van der Waals surface area contributed by atoms with Crippen LogP contribution in [0.5, 0.6) is 0 Å². The molecule has 0 spiro atoms. The molecule has 1 fully saturated rings. The van der Waals surface area contributed by atoms with Gasteiger partial charge in [-0.2, -0.15) is 0 Å². The predicted octanol–water partition coefficient (Wildman–Crippen LogP) is 3.29. The Labute approximate surface area is 184 Å². The molecular formula is C22H23FN4O3S. The van der Waals surface area contributed by atoms with Crippen molar-refractivity contribution in [2.24, 2.45) is 5.92 Å². The number of thiocarbonyl (C=S) groups is 1. The lowest BCUT2D eigenvalue weighted by molar-refractivity contribution is -0.120. The number of benzene rings is 2. The topological polar surface area (TPSA) is 99.3 Å². The highest BCUT2D eigenvalue weighted by molar-refractivity contribution is 7.80. The molecule has 1 aliphatic rings. The Bertz CT molecular complexity index is 958. The molecule has 0 aromatic heterocycles. The molecule has 0 saturated heterocycles. The number of carbonyl (C=O) groups excluding carboxylic acids is 3. The molecule has 0 bridgehead atoms. The normalized spacial score (nSPS) is 13.7. The minimum Gasteiger partial charge on any atom is -0.326 e. The first-order chi connectivity index (χ1) is 14.9. The number of hydrogen-bond acceptors (Lipinski definition) is 4. The number of hydrogen-bond donors (Lipinski definition) is 4. The third-order valence-electron chi connectivity index (χ3n) is 5.01. The molecule has 0 heterocycles. The van der Waals surface area contributed by atoms with Crippen LogP contribution in [0.1, 0.15) is 52.8 Å². The average molecular weight is 443 g/mol. The van der Waals surface area contributed by atoms with Gasteiger partial charge in [0.15, 0.2) is 5.11 Å². The Kier molecular flexibility index (Phi) is 7.66. The van der Waals surface area contributed by atoms with Crippen molar-refractivity contribution < 1.29 is 18.8 Å². The van der Waals surface area contributed by atoms with Crippen molar-refractivity contribution in [1.82, 2.24) is 16.2 Å². The molecule has 2 aromatic rings. The van der Waals surface area contributed by atoms with Gasteiger partial charge in [0.05, 0.1) is 0 Å². The van der Waals surface area contributed by atoms with Gasteiger partial charge in [0.1, 0.15) is 5.82 Å². The molecule has 0 atom stereocenters. The molecule has 162 valence electrons. The second kappa shape index (κ2) is 10.6. The summed E-state index contributed by atoms with van der Waals surface area (Å²) in [6.45, 7) is 0. The van der Waals surface area contributed by atoms with Crippen molar-refractivity contribution in [3.05, 3.63) is 65.5 Å². The molecule has 0 unspecified atom stereocenters. The first-order valence-corrected chi connectivity index (χ1v) is 10.4. The molecule has 31 heavy (non-hydrogen) atoms. The number of halogens is 1. The number of hydrazine groups is 1. The van der Waals surface area contributed by atoms with Gasteiger partial charge >= 0.3 is 0 Å². The lowest BCUT2D eigenvalue weighted by atomic mass is 9.88. The first kappa shape index (κ1) is 22.4. The maximum Gasteiger partial charge on any atom is 0.269 e. The zero-order valence-corrected chi connectivity index (χ0v) is 17.6. The molecule has 1 aliphatic carbocycles. The Balaban J connectivity index is 1.45. The van der Waals surface area contributed by atoms with E-state index in [4.69, 9.17) is 12.2 Å². The SMILES string of the molecule is O=C(NNC(=S)NC(=O)c1ccc(F)cc1)c1ccc(NC(=O)C2CCCCC2)cc1. The largest absolute Gasteiger partial charge is 0.326 e. The van der Waals surface area contributed by atoms with E-state index in [-0.39, 0.29) is 22.5 Å². The Morgan fingerprint density at radius 2 is 1.39 bits per heavy atom. The number of carbonyl (C=O) groups is 3. The van der Waals surface area contributed by atoms with Crippen molar-refractivity contribution in [2.75, 3.05) is 5.32 Å². The summed E-state index contributed by atoms with van der Waals surface area (Å²) in [5.74, 6) is -1.40. The van der Waals surface area contributed by atoms with E-state index in [0.29, 0.717) is 11.3 Å². The van der Waals surface area contributed by atoms with Gasteiger partial charge < -0.3 is 5.32 Å². The van der Waals surface area contributed by atoms with Gasteiger partial charge in [-0.15, -0.1) is 0 Å². The highest BCUT2D eigenvalue weighted by atomic mass is 32.1. The van der Waals surface area contributed by atoms with Crippen LogP contribution in [0, 0.1) is 11.7 Å². The molecule has 0 aliphatic heterocycles. The lowest BCUT2D eigenvalue weighted by Gasteiger charge is -2.20. The van der Waals surface area contributed by atoms with Gasteiger partial charge in [-0.3, -0.25) is 30.6 Å². The second-order valence-corrected chi connectivity index (χ2v) is 7.68. The van der Waals surface area contributed by atoms with E-state index in [1.54, 1.807) is 24.3 Å². The zero-order chi connectivity index (χ0) is 22.2. The fourth-order valence-electron chi connectivity index (χ4n) is 3.31. The fraction of sp³-hybridized carbons (Fsp3) is 0.273. The zero-order valence-electron chi connectivity index (χ0n) is 16.7. The van der Waals surface area contributed by atoms with Crippen molar-refractivity contribution in [1.29, 1.82) is 0 Å². The maximum absolute atomic E-state index is 12.9. The van der Waals surface area contributed by atoms with Crippen LogP contribution in [0.2, 0.25) is 0 Å². The van der Waals surface area contributed by atoms with E-state index in [1.165, 1.54) is 18.6 Å². The van der Waals surface area contributed by atoms with E-state index in [9.17, 15) is 18.8 Å². The smallest absolute Gasteiger partial charge is 0.269 e.